The maximum atomic E-state index is 5.61. The van der Waals surface area contributed by atoms with Gasteiger partial charge in [0.05, 0.1) is 11.8 Å². The van der Waals surface area contributed by atoms with Gasteiger partial charge in [0.15, 0.2) is 0 Å². The number of ether oxygens (including phenoxy) is 1. The molecule has 0 aromatic carbocycles. The largest absolute Gasteiger partial charge is 0.378 e. The van der Waals surface area contributed by atoms with Crippen molar-refractivity contribution in [3.8, 4) is 0 Å². The van der Waals surface area contributed by atoms with Gasteiger partial charge in [-0.15, -0.1) is 0 Å². The van der Waals surface area contributed by atoms with Crippen LogP contribution in [0.25, 0.3) is 0 Å². The second-order valence-electron chi connectivity index (χ2n) is 5.53. The summed E-state index contributed by atoms with van der Waals surface area (Å²) in [6.07, 6.45) is 6.63. The third kappa shape index (κ3) is 4.96. The van der Waals surface area contributed by atoms with Crippen LogP contribution < -0.4 is 5.32 Å². The van der Waals surface area contributed by atoms with Crippen LogP contribution >= 0.6 is 0 Å². The third-order valence-corrected chi connectivity index (χ3v) is 3.73. The van der Waals surface area contributed by atoms with Gasteiger partial charge >= 0.3 is 0 Å². The number of rotatable bonds is 8. The van der Waals surface area contributed by atoms with Gasteiger partial charge in [-0.1, -0.05) is 0 Å². The molecule has 2 rings (SSSR count). The van der Waals surface area contributed by atoms with Crippen LogP contribution in [0, 0.1) is 13.8 Å². The molecule has 0 bridgehead atoms. The lowest BCUT2D eigenvalue weighted by Gasteiger charge is -2.09. The molecule has 4 heteroatoms. The monoisotopic (exact) mass is 265 g/mol. The molecular formula is C15H27N3O. The molecule has 1 saturated heterocycles. The van der Waals surface area contributed by atoms with Crippen molar-refractivity contribution in [3.05, 3.63) is 17.5 Å². The second kappa shape index (κ2) is 7.65. The molecule has 108 valence electrons. The lowest BCUT2D eigenvalue weighted by Crippen LogP contribution is -2.20. The second-order valence-corrected chi connectivity index (χ2v) is 5.53. The van der Waals surface area contributed by atoms with E-state index in [2.05, 4.69) is 28.1 Å². The first-order valence-corrected chi connectivity index (χ1v) is 7.59. The Balaban J connectivity index is 1.47. The summed E-state index contributed by atoms with van der Waals surface area (Å²) in [6.45, 7) is 8.34. The van der Waals surface area contributed by atoms with Gasteiger partial charge in [0.2, 0.25) is 0 Å². The summed E-state index contributed by atoms with van der Waals surface area (Å²) < 4.78 is 7.72. The fraction of sp³-hybridized carbons (Fsp3) is 0.800. The summed E-state index contributed by atoms with van der Waals surface area (Å²) in [5.41, 5.74) is 2.37. The van der Waals surface area contributed by atoms with Gasteiger partial charge in [0, 0.05) is 18.8 Å². The van der Waals surface area contributed by atoms with Crippen LogP contribution in [-0.4, -0.2) is 35.6 Å². The summed E-state index contributed by atoms with van der Waals surface area (Å²) in [5.74, 6) is 0. The number of nitrogens with zero attached hydrogens (tertiary/aromatic N) is 2. The molecular weight excluding hydrogens is 238 g/mol. The van der Waals surface area contributed by atoms with E-state index in [4.69, 9.17) is 4.74 Å². The number of hydrogen-bond acceptors (Lipinski definition) is 3. The van der Waals surface area contributed by atoms with Gasteiger partial charge < -0.3 is 10.1 Å². The molecule has 1 aliphatic rings. The molecule has 19 heavy (non-hydrogen) atoms. The van der Waals surface area contributed by atoms with Crippen LogP contribution in [0.1, 0.15) is 43.5 Å². The van der Waals surface area contributed by atoms with E-state index in [1.54, 1.807) is 0 Å². The molecule has 1 aromatic rings. The van der Waals surface area contributed by atoms with Gasteiger partial charge in [-0.25, -0.2) is 0 Å². The summed E-state index contributed by atoms with van der Waals surface area (Å²) >= 11 is 0. The van der Waals surface area contributed by atoms with Gasteiger partial charge in [0.1, 0.15) is 0 Å². The van der Waals surface area contributed by atoms with Crippen LogP contribution in [0.4, 0.5) is 0 Å². The number of hydrogen-bond donors (Lipinski definition) is 1. The molecule has 0 saturated carbocycles. The van der Waals surface area contributed by atoms with Crippen LogP contribution in [0.5, 0.6) is 0 Å². The van der Waals surface area contributed by atoms with E-state index in [-0.39, 0.29) is 0 Å². The minimum absolute atomic E-state index is 0.538. The first-order chi connectivity index (χ1) is 9.25. The summed E-state index contributed by atoms with van der Waals surface area (Å²) in [7, 11) is 0. The quantitative estimate of drug-likeness (QED) is 0.734. The molecule has 1 unspecified atom stereocenters. The molecule has 1 fully saturated rings. The Kier molecular flexibility index (Phi) is 5.86. The average Bonchev–Trinajstić information content (AvgIpc) is 2.98. The van der Waals surface area contributed by atoms with E-state index in [9.17, 15) is 0 Å². The molecule has 1 N–H and O–H groups in total. The number of nitrogens with one attached hydrogen (secondary N) is 1. The first kappa shape index (κ1) is 14.5. The standard InChI is InChI=1S/C15H27N3O/c1-13-12-14(2)18(17-13)10-5-9-16-8-3-6-15-7-4-11-19-15/h12,15-16H,3-11H2,1-2H3. The van der Waals surface area contributed by atoms with Crippen molar-refractivity contribution >= 4 is 0 Å². The molecule has 1 aliphatic heterocycles. The van der Waals surface area contributed by atoms with Crippen molar-refractivity contribution in [1.82, 2.24) is 15.1 Å². The van der Waals surface area contributed by atoms with Crippen molar-refractivity contribution in [3.63, 3.8) is 0 Å². The topological polar surface area (TPSA) is 39.1 Å². The van der Waals surface area contributed by atoms with E-state index >= 15 is 0 Å². The normalized spacial score (nSPS) is 19.2. The Hall–Kier alpha value is -0.870. The molecule has 0 amide bonds. The lowest BCUT2D eigenvalue weighted by atomic mass is 10.1. The Morgan fingerprint density at radius 3 is 2.89 bits per heavy atom. The van der Waals surface area contributed by atoms with E-state index in [1.165, 1.54) is 31.4 Å². The minimum Gasteiger partial charge on any atom is -0.378 e. The first-order valence-electron chi connectivity index (χ1n) is 7.59. The van der Waals surface area contributed by atoms with Crippen LogP contribution in [0.15, 0.2) is 6.07 Å². The fourth-order valence-corrected chi connectivity index (χ4v) is 2.71. The van der Waals surface area contributed by atoms with E-state index in [0.29, 0.717) is 6.10 Å². The fourth-order valence-electron chi connectivity index (χ4n) is 2.71. The third-order valence-electron chi connectivity index (χ3n) is 3.73. The summed E-state index contributed by atoms with van der Waals surface area (Å²) in [6, 6.07) is 2.13. The highest BCUT2D eigenvalue weighted by Crippen LogP contribution is 2.16. The van der Waals surface area contributed by atoms with Crippen LogP contribution in [0.3, 0.4) is 0 Å². The predicted octanol–water partition coefficient (Wildman–Crippen LogP) is 2.44. The molecule has 1 atom stereocenters. The van der Waals surface area contributed by atoms with Crippen LogP contribution in [0.2, 0.25) is 0 Å². The highest BCUT2D eigenvalue weighted by atomic mass is 16.5. The molecule has 2 heterocycles. The van der Waals surface area contributed by atoms with Gasteiger partial charge in [-0.05, 0) is 65.1 Å². The number of aryl methyl sites for hydroxylation is 3. The van der Waals surface area contributed by atoms with Crippen molar-refractivity contribution in [1.29, 1.82) is 0 Å². The molecule has 0 spiro atoms. The molecule has 1 aromatic heterocycles. The van der Waals surface area contributed by atoms with Crippen molar-refractivity contribution in [2.75, 3.05) is 19.7 Å². The Labute approximate surface area is 116 Å². The van der Waals surface area contributed by atoms with Gasteiger partial charge in [-0.3, -0.25) is 4.68 Å². The molecule has 0 aliphatic carbocycles. The predicted molar refractivity (Wildman–Crippen MR) is 77.4 cm³/mol. The number of aromatic nitrogens is 2. The molecule has 4 nitrogen and oxygen atoms in total. The Morgan fingerprint density at radius 1 is 1.37 bits per heavy atom. The Bertz CT molecular complexity index is 369. The van der Waals surface area contributed by atoms with E-state index < -0.39 is 0 Å². The maximum Gasteiger partial charge on any atom is 0.0596 e. The summed E-state index contributed by atoms with van der Waals surface area (Å²) in [4.78, 5) is 0. The lowest BCUT2D eigenvalue weighted by molar-refractivity contribution is 0.102. The van der Waals surface area contributed by atoms with E-state index in [0.717, 1.165) is 38.4 Å². The maximum absolute atomic E-state index is 5.61. The summed E-state index contributed by atoms with van der Waals surface area (Å²) in [5, 5.41) is 7.98. The highest BCUT2D eigenvalue weighted by molar-refractivity contribution is 5.06. The smallest absolute Gasteiger partial charge is 0.0596 e. The van der Waals surface area contributed by atoms with Gasteiger partial charge in [-0.2, -0.15) is 5.10 Å². The Morgan fingerprint density at radius 2 is 2.21 bits per heavy atom. The SMILES string of the molecule is Cc1cc(C)n(CCCNCCCC2CCCO2)n1. The minimum atomic E-state index is 0.538. The van der Waals surface area contributed by atoms with Crippen molar-refractivity contribution < 1.29 is 4.74 Å². The van der Waals surface area contributed by atoms with Crippen LogP contribution in [-0.2, 0) is 11.3 Å². The zero-order valence-corrected chi connectivity index (χ0v) is 12.3. The van der Waals surface area contributed by atoms with Crippen molar-refractivity contribution in [2.45, 2.75) is 58.6 Å². The van der Waals surface area contributed by atoms with Gasteiger partial charge in [0.25, 0.3) is 0 Å². The van der Waals surface area contributed by atoms with Crippen molar-refractivity contribution in [2.24, 2.45) is 0 Å². The average molecular weight is 265 g/mol. The van der Waals surface area contributed by atoms with E-state index in [1.807, 2.05) is 6.92 Å². The highest BCUT2D eigenvalue weighted by Gasteiger charge is 2.14. The zero-order chi connectivity index (χ0) is 13.5. The zero-order valence-electron chi connectivity index (χ0n) is 12.3. The molecule has 0 radical (unpaired) electrons.